The van der Waals surface area contributed by atoms with Crippen LogP contribution in [0.3, 0.4) is 0 Å². The van der Waals surface area contributed by atoms with Crippen LogP contribution < -0.4 is 4.72 Å². The van der Waals surface area contributed by atoms with Gasteiger partial charge in [-0.2, -0.15) is 0 Å². The lowest BCUT2D eigenvalue weighted by atomic mass is 10.4. The monoisotopic (exact) mass is 265 g/mol. The Hall–Kier alpha value is -0.620. The third kappa shape index (κ3) is 4.94. The van der Waals surface area contributed by atoms with E-state index in [0.717, 1.165) is 0 Å². The Morgan fingerprint density at radius 1 is 1.62 bits per heavy atom. The highest BCUT2D eigenvalue weighted by molar-refractivity contribution is 7.93. The van der Waals surface area contributed by atoms with Gasteiger partial charge in [0.15, 0.2) is 0 Å². The van der Waals surface area contributed by atoms with Crippen LogP contribution in [0.2, 0.25) is 0 Å². The van der Waals surface area contributed by atoms with Crippen molar-refractivity contribution in [2.75, 3.05) is 6.54 Å². The summed E-state index contributed by atoms with van der Waals surface area (Å²) in [6, 6.07) is 0. The first kappa shape index (κ1) is 15.4. The van der Waals surface area contributed by atoms with E-state index in [-0.39, 0.29) is 16.5 Å². The van der Waals surface area contributed by atoms with E-state index in [2.05, 4.69) is 11.3 Å². The predicted octanol–water partition coefficient (Wildman–Crippen LogP) is 1.50. The zero-order valence-electron chi connectivity index (χ0n) is 9.27. The molecule has 4 nitrogen and oxygen atoms in total. The third-order valence-corrected chi connectivity index (χ3v) is 3.54. The van der Waals surface area contributed by atoms with Gasteiger partial charge in [-0.1, -0.05) is 24.3 Å². The van der Waals surface area contributed by atoms with E-state index in [1.165, 1.54) is 19.1 Å². The quantitative estimate of drug-likeness (QED) is 0.716. The van der Waals surface area contributed by atoms with Gasteiger partial charge < -0.3 is 5.11 Å². The van der Waals surface area contributed by atoms with E-state index in [1.54, 1.807) is 13.0 Å². The molecule has 0 aliphatic heterocycles. The topological polar surface area (TPSA) is 66.4 Å². The summed E-state index contributed by atoms with van der Waals surface area (Å²) in [5.74, 6) is 0. The Morgan fingerprint density at radius 2 is 2.19 bits per heavy atom. The number of hydrogen-bond acceptors (Lipinski definition) is 3. The molecule has 2 N–H and O–H groups in total. The fourth-order valence-electron chi connectivity index (χ4n) is 0.858. The standard InChI is InChI=1S/C10H16ClNO3S/c1-4-6-10(9(11)5-2)16(14,15)12-7-8(3)13/h4-6,8,12-13H,2,7H2,1,3H3/b6-4-,10-9-/t8-/m0/s1. The van der Waals surface area contributed by atoms with Crippen LogP contribution in [0, 0.1) is 0 Å². The van der Waals surface area contributed by atoms with Gasteiger partial charge in [0.1, 0.15) is 4.91 Å². The molecular weight excluding hydrogens is 250 g/mol. The Balaban J connectivity index is 5.16. The van der Waals surface area contributed by atoms with Gasteiger partial charge in [-0.15, -0.1) is 0 Å². The van der Waals surface area contributed by atoms with Crippen molar-refractivity contribution in [3.05, 3.63) is 34.7 Å². The van der Waals surface area contributed by atoms with E-state index < -0.39 is 16.1 Å². The SMILES string of the molecule is C=C/C(Cl)=C(\C=C/C)S(=O)(=O)NC[C@H](C)O. The third-order valence-electron chi connectivity index (χ3n) is 1.59. The van der Waals surface area contributed by atoms with Crippen LogP contribution >= 0.6 is 11.6 Å². The van der Waals surface area contributed by atoms with Crippen molar-refractivity contribution < 1.29 is 13.5 Å². The van der Waals surface area contributed by atoms with Gasteiger partial charge in [-0.05, 0) is 26.0 Å². The lowest BCUT2D eigenvalue weighted by Crippen LogP contribution is -2.31. The highest BCUT2D eigenvalue weighted by atomic mass is 35.5. The average molecular weight is 266 g/mol. The Morgan fingerprint density at radius 3 is 2.56 bits per heavy atom. The molecule has 0 aromatic carbocycles. The minimum atomic E-state index is -3.71. The molecule has 16 heavy (non-hydrogen) atoms. The van der Waals surface area contributed by atoms with E-state index in [1.807, 2.05) is 0 Å². The van der Waals surface area contributed by atoms with Gasteiger partial charge in [-0.25, -0.2) is 13.1 Å². The van der Waals surface area contributed by atoms with Crippen molar-refractivity contribution >= 4 is 21.6 Å². The van der Waals surface area contributed by atoms with Crippen molar-refractivity contribution in [1.82, 2.24) is 4.72 Å². The van der Waals surface area contributed by atoms with E-state index in [4.69, 9.17) is 16.7 Å². The van der Waals surface area contributed by atoms with Crippen LogP contribution in [-0.4, -0.2) is 26.2 Å². The number of hydrogen-bond donors (Lipinski definition) is 2. The minimum Gasteiger partial charge on any atom is -0.392 e. The molecule has 1 atom stereocenters. The summed E-state index contributed by atoms with van der Waals surface area (Å²) in [7, 11) is -3.71. The molecular formula is C10H16ClNO3S. The van der Waals surface area contributed by atoms with Crippen molar-refractivity contribution in [1.29, 1.82) is 0 Å². The van der Waals surface area contributed by atoms with Crippen LogP contribution in [0.4, 0.5) is 0 Å². The maximum atomic E-state index is 11.8. The van der Waals surface area contributed by atoms with Crippen LogP contribution in [0.25, 0.3) is 0 Å². The first-order valence-electron chi connectivity index (χ1n) is 4.67. The van der Waals surface area contributed by atoms with Gasteiger partial charge in [-0.3, -0.25) is 0 Å². The van der Waals surface area contributed by atoms with Crippen molar-refractivity contribution in [2.45, 2.75) is 20.0 Å². The second kappa shape index (κ2) is 6.85. The van der Waals surface area contributed by atoms with E-state index in [0.29, 0.717) is 0 Å². The molecule has 0 heterocycles. The van der Waals surface area contributed by atoms with Crippen molar-refractivity contribution in [2.24, 2.45) is 0 Å². The summed E-state index contributed by atoms with van der Waals surface area (Å²) >= 11 is 5.74. The zero-order valence-corrected chi connectivity index (χ0v) is 10.8. The fraction of sp³-hybridized carbons (Fsp3) is 0.400. The largest absolute Gasteiger partial charge is 0.392 e. The van der Waals surface area contributed by atoms with Gasteiger partial charge >= 0.3 is 0 Å². The Bertz CT molecular complexity index is 396. The maximum Gasteiger partial charge on any atom is 0.242 e. The second-order valence-corrected chi connectivity index (χ2v) is 5.26. The van der Waals surface area contributed by atoms with E-state index in [9.17, 15) is 8.42 Å². The number of allylic oxidation sites excluding steroid dienone is 4. The second-order valence-electron chi connectivity index (χ2n) is 3.12. The summed E-state index contributed by atoms with van der Waals surface area (Å²) in [6.07, 6.45) is 3.42. The molecule has 0 radical (unpaired) electrons. The number of aliphatic hydroxyl groups excluding tert-OH is 1. The lowest BCUT2D eigenvalue weighted by Gasteiger charge is -2.09. The molecule has 0 rings (SSSR count). The number of rotatable bonds is 6. The van der Waals surface area contributed by atoms with Crippen LogP contribution in [0.5, 0.6) is 0 Å². The number of halogens is 1. The molecule has 0 aliphatic rings. The molecule has 0 amide bonds. The Labute approximate surface area is 101 Å². The van der Waals surface area contributed by atoms with Crippen molar-refractivity contribution in [3.63, 3.8) is 0 Å². The molecule has 0 spiro atoms. The molecule has 0 bridgehead atoms. The van der Waals surface area contributed by atoms with E-state index >= 15 is 0 Å². The summed E-state index contributed by atoms with van der Waals surface area (Å²) in [5, 5.41) is 9.05. The van der Waals surface area contributed by atoms with Crippen LogP contribution in [0.15, 0.2) is 34.7 Å². The first-order chi connectivity index (χ1) is 7.35. The number of aliphatic hydroxyl groups is 1. The summed E-state index contributed by atoms with van der Waals surface area (Å²) < 4.78 is 25.8. The zero-order chi connectivity index (χ0) is 12.8. The molecule has 0 unspecified atom stereocenters. The van der Waals surface area contributed by atoms with Gasteiger partial charge in [0.25, 0.3) is 0 Å². The highest BCUT2D eigenvalue weighted by Crippen LogP contribution is 2.17. The van der Waals surface area contributed by atoms with Crippen LogP contribution in [0.1, 0.15) is 13.8 Å². The molecule has 92 valence electrons. The molecule has 0 aliphatic carbocycles. The molecule has 0 aromatic heterocycles. The maximum absolute atomic E-state index is 11.8. The number of nitrogens with one attached hydrogen (secondary N) is 1. The molecule has 0 aromatic rings. The molecule has 0 fully saturated rings. The Kier molecular flexibility index (Phi) is 6.59. The lowest BCUT2D eigenvalue weighted by molar-refractivity contribution is 0.198. The average Bonchev–Trinajstić information content (AvgIpc) is 2.22. The summed E-state index contributed by atoms with van der Waals surface area (Å²) in [6.45, 7) is 6.50. The molecule has 0 saturated carbocycles. The number of sulfonamides is 1. The van der Waals surface area contributed by atoms with Gasteiger partial charge in [0, 0.05) is 6.54 Å². The van der Waals surface area contributed by atoms with Gasteiger partial charge in [0.05, 0.1) is 11.1 Å². The summed E-state index contributed by atoms with van der Waals surface area (Å²) in [5.41, 5.74) is 0. The minimum absolute atomic E-state index is 0.0381. The van der Waals surface area contributed by atoms with Crippen molar-refractivity contribution in [3.8, 4) is 0 Å². The first-order valence-corrected chi connectivity index (χ1v) is 6.54. The predicted molar refractivity (Wildman–Crippen MR) is 66.5 cm³/mol. The fourth-order valence-corrected chi connectivity index (χ4v) is 2.50. The molecule has 0 saturated heterocycles. The summed E-state index contributed by atoms with van der Waals surface area (Å²) in [4.78, 5) is -0.0627. The molecule has 6 heteroatoms. The highest BCUT2D eigenvalue weighted by Gasteiger charge is 2.18. The normalized spacial score (nSPS) is 16.0. The van der Waals surface area contributed by atoms with Crippen LogP contribution in [-0.2, 0) is 10.0 Å². The smallest absolute Gasteiger partial charge is 0.242 e. The van der Waals surface area contributed by atoms with Gasteiger partial charge in [0.2, 0.25) is 10.0 Å².